The predicted molar refractivity (Wildman–Crippen MR) is 93.7 cm³/mol. The number of hydrogen-bond acceptors (Lipinski definition) is 4. The van der Waals surface area contributed by atoms with Crippen LogP contribution >= 0.6 is 11.6 Å². The Hall–Kier alpha value is -1.89. The molecule has 0 saturated carbocycles. The van der Waals surface area contributed by atoms with E-state index in [4.69, 9.17) is 11.6 Å². The first-order chi connectivity index (χ1) is 11.4. The first kappa shape index (κ1) is 18.4. The molecule has 1 heterocycles. The Balaban J connectivity index is 2.20. The Bertz CT molecular complexity index is 687. The number of carbonyl (C=O) groups excluding carboxylic acids is 1. The highest BCUT2D eigenvalue weighted by atomic mass is 35.5. The van der Waals surface area contributed by atoms with Crippen LogP contribution in [0.1, 0.15) is 23.1 Å². The fourth-order valence-corrected chi connectivity index (χ4v) is 2.56. The van der Waals surface area contributed by atoms with Gasteiger partial charge in [-0.25, -0.2) is 4.98 Å². The van der Waals surface area contributed by atoms with Crippen molar-refractivity contribution in [3.8, 4) is 0 Å². The minimum atomic E-state index is -1.29. The van der Waals surface area contributed by atoms with Crippen LogP contribution in [0, 0.1) is 6.92 Å². The van der Waals surface area contributed by atoms with Crippen molar-refractivity contribution in [1.82, 2.24) is 19.8 Å². The van der Waals surface area contributed by atoms with Gasteiger partial charge in [0.1, 0.15) is 0 Å². The molecule has 0 aliphatic carbocycles. The zero-order chi connectivity index (χ0) is 17.7. The lowest BCUT2D eigenvalue weighted by atomic mass is 10.1. The minimum absolute atomic E-state index is 0.337. The molecular weight excluding hydrogens is 328 g/mol. The molecule has 0 aliphatic heterocycles. The van der Waals surface area contributed by atoms with Gasteiger partial charge in [-0.3, -0.25) is 4.79 Å². The van der Waals surface area contributed by atoms with Crippen molar-refractivity contribution in [3.05, 3.63) is 52.6 Å². The highest BCUT2D eigenvalue weighted by Gasteiger charge is 2.26. The molecule has 1 atom stereocenters. The Kier molecular flexibility index (Phi) is 6.36. The molecule has 7 heteroatoms. The zero-order valence-electron chi connectivity index (χ0n) is 14.2. The van der Waals surface area contributed by atoms with Gasteiger partial charge in [0.15, 0.2) is 6.10 Å². The van der Waals surface area contributed by atoms with Crippen LogP contribution in [0.15, 0.2) is 30.6 Å². The molecule has 1 aromatic heterocycles. The average molecular weight is 351 g/mol. The van der Waals surface area contributed by atoms with Gasteiger partial charge in [-0.1, -0.05) is 29.8 Å². The van der Waals surface area contributed by atoms with E-state index in [0.717, 1.165) is 11.4 Å². The van der Waals surface area contributed by atoms with Crippen molar-refractivity contribution in [3.63, 3.8) is 0 Å². The van der Waals surface area contributed by atoms with E-state index in [9.17, 15) is 9.90 Å². The summed E-state index contributed by atoms with van der Waals surface area (Å²) in [4.78, 5) is 23.6. The number of aromatic amines is 1. The van der Waals surface area contributed by atoms with E-state index in [1.54, 1.807) is 35.5 Å². The quantitative estimate of drug-likeness (QED) is 0.801. The summed E-state index contributed by atoms with van der Waals surface area (Å²) in [5, 5.41) is 10.9. The molecule has 130 valence electrons. The number of hydrogen-bond donors (Lipinski definition) is 2. The number of nitrogens with one attached hydrogen (secondary N) is 1. The molecule has 0 saturated heterocycles. The summed E-state index contributed by atoms with van der Waals surface area (Å²) in [6.45, 7) is 3.41. The van der Waals surface area contributed by atoms with Gasteiger partial charge < -0.3 is 19.9 Å². The number of aliphatic hydroxyl groups is 1. The summed E-state index contributed by atoms with van der Waals surface area (Å²) in [5.74, 6) is -0.382. The van der Waals surface area contributed by atoms with Crippen molar-refractivity contribution in [2.45, 2.75) is 19.6 Å². The molecule has 1 amide bonds. The number of amides is 1. The highest BCUT2D eigenvalue weighted by molar-refractivity contribution is 6.31. The summed E-state index contributed by atoms with van der Waals surface area (Å²) < 4.78 is 0. The first-order valence-electron chi connectivity index (χ1n) is 7.75. The Morgan fingerprint density at radius 1 is 1.33 bits per heavy atom. The second-order valence-corrected chi connectivity index (χ2v) is 6.37. The lowest BCUT2D eigenvalue weighted by molar-refractivity contribution is -0.141. The number of benzene rings is 1. The van der Waals surface area contributed by atoms with Gasteiger partial charge in [0.05, 0.1) is 18.6 Å². The molecule has 2 N–H and O–H groups in total. The van der Waals surface area contributed by atoms with E-state index in [0.29, 0.717) is 30.2 Å². The second-order valence-electron chi connectivity index (χ2n) is 5.96. The topological polar surface area (TPSA) is 72.5 Å². The van der Waals surface area contributed by atoms with Gasteiger partial charge in [0, 0.05) is 29.4 Å². The number of nitrogens with zero attached hydrogens (tertiary/aromatic N) is 3. The normalized spacial score (nSPS) is 12.4. The molecular formula is C17H23ClN4O2. The molecule has 0 aliphatic rings. The third kappa shape index (κ3) is 4.56. The van der Waals surface area contributed by atoms with Crippen LogP contribution in [0.25, 0.3) is 0 Å². The maximum atomic E-state index is 12.8. The van der Waals surface area contributed by atoms with Crippen molar-refractivity contribution in [2.24, 2.45) is 0 Å². The van der Waals surface area contributed by atoms with Gasteiger partial charge >= 0.3 is 0 Å². The summed E-state index contributed by atoms with van der Waals surface area (Å²) in [7, 11) is 3.87. The highest BCUT2D eigenvalue weighted by Crippen LogP contribution is 2.24. The molecule has 1 aromatic carbocycles. The van der Waals surface area contributed by atoms with E-state index in [2.05, 4.69) is 9.97 Å². The van der Waals surface area contributed by atoms with Gasteiger partial charge in [0.2, 0.25) is 0 Å². The summed E-state index contributed by atoms with van der Waals surface area (Å²) in [5.41, 5.74) is 2.11. The summed E-state index contributed by atoms with van der Waals surface area (Å²) in [6, 6.07) is 6.84. The SMILES string of the molecule is Cc1[nH]cnc1CN(CCN(C)C)C(=O)C(O)c1ccccc1Cl. The van der Waals surface area contributed by atoms with Crippen LogP contribution in [-0.4, -0.2) is 58.0 Å². The smallest absolute Gasteiger partial charge is 0.256 e. The van der Waals surface area contributed by atoms with E-state index < -0.39 is 6.10 Å². The molecule has 0 bridgehead atoms. The number of likely N-dealkylation sites (N-methyl/N-ethyl adjacent to an activating group) is 1. The lowest BCUT2D eigenvalue weighted by Crippen LogP contribution is -2.39. The van der Waals surface area contributed by atoms with Crippen LogP contribution in [0.5, 0.6) is 0 Å². The molecule has 2 rings (SSSR count). The largest absolute Gasteiger partial charge is 0.378 e. The van der Waals surface area contributed by atoms with Crippen LogP contribution in [0.4, 0.5) is 0 Å². The van der Waals surface area contributed by atoms with Gasteiger partial charge in [-0.15, -0.1) is 0 Å². The standard InChI is InChI=1S/C17H23ClN4O2/c1-12-15(20-11-19-12)10-22(9-8-21(2)3)17(24)16(23)13-6-4-5-7-14(13)18/h4-7,11,16,23H,8-10H2,1-3H3,(H,19,20). The third-order valence-electron chi connectivity index (χ3n) is 3.84. The third-order valence-corrected chi connectivity index (χ3v) is 4.18. The maximum Gasteiger partial charge on any atom is 0.256 e. The second kappa shape index (κ2) is 8.28. The van der Waals surface area contributed by atoms with E-state index >= 15 is 0 Å². The molecule has 24 heavy (non-hydrogen) atoms. The lowest BCUT2D eigenvalue weighted by Gasteiger charge is -2.26. The molecule has 0 fully saturated rings. The van der Waals surface area contributed by atoms with Crippen LogP contribution in [-0.2, 0) is 11.3 Å². The van der Waals surface area contributed by atoms with Gasteiger partial charge in [-0.05, 0) is 27.1 Å². The molecule has 0 spiro atoms. The van der Waals surface area contributed by atoms with Gasteiger partial charge in [-0.2, -0.15) is 0 Å². The number of aliphatic hydroxyl groups excluding tert-OH is 1. The Morgan fingerprint density at radius 3 is 2.62 bits per heavy atom. The molecule has 2 aromatic rings. The summed E-state index contributed by atoms with van der Waals surface area (Å²) >= 11 is 6.11. The number of halogens is 1. The van der Waals surface area contributed by atoms with Crippen molar-refractivity contribution < 1.29 is 9.90 Å². The van der Waals surface area contributed by atoms with Crippen molar-refractivity contribution in [2.75, 3.05) is 27.2 Å². The molecule has 1 unspecified atom stereocenters. The van der Waals surface area contributed by atoms with E-state index in [1.165, 1.54) is 0 Å². The zero-order valence-corrected chi connectivity index (χ0v) is 14.9. The van der Waals surface area contributed by atoms with Crippen LogP contribution in [0.2, 0.25) is 5.02 Å². The monoisotopic (exact) mass is 350 g/mol. The number of carbonyl (C=O) groups is 1. The number of aromatic nitrogens is 2. The minimum Gasteiger partial charge on any atom is -0.378 e. The Morgan fingerprint density at radius 2 is 2.04 bits per heavy atom. The molecule has 0 radical (unpaired) electrons. The first-order valence-corrected chi connectivity index (χ1v) is 8.12. The van der Waals surface area contributed by atoms with Gasteiger partial charge in [0.25, 0.3) is 5.91 Å². The fraction of sp³-hybridized carbons (Fsp3) is 0.412. The summed E-state index contributed by atoms with van der Waals surface area (Å²) in [6.07, 6.45) is 0.309. The van der Waals surface area contributed by atoms with Crippen LogP contribution in [0.3, 0.4) is 0 Å². The fourth-order valence-electron chi connectivity index (χ4n) is 2.32. The predicted octanol–water partition coefficient (Wildman–Crippen LogP) is 2.00. The van der Waals surface area contributed by atoms with Crippen molar-refractivity contribution in [1.29, 1.82) is 0 Å². The Labute approximate surface area is 147 Å². The number of imidazole rings is 1. The maximum absolute atomic E-state index is 12.8. The molecule has 6 nitrogen and oxygen atoms in total. The number of H-pyrrole nitrogens is 1. The van der Waals surface area contributed by atoms with Crippen molar-refractivity contribution >= 4 is 17.5 Å². The van der Waals surface area contributed by atoms with E-state index in [1.807, 2.05) is 25.9 Å². The average Bonchev–Trinajstić information content (AvgIpc) is 2.95. The van der Waals surface area contributed by atoms with E-state index in [-0.39, 0.29) is 5.91 Å². The number of aryl methyl sites for hydroxylation is 1. The number of rotatable bonds is 7. The van der Waals surface area contributed by atoms with Crippen LogP contribution < -0.4 is 0 Å².